The van der Waals surface area contributed by atoms with Crippen LogP contribution >= 0.6 is 0 Å². The number of rotatable bonds is 18. The topological polar surface area (TPSA) is 183 Å². The van der Waals surface area contributed by atoms with Gasteiger partial charge < -0.3 is 34.5 Å². The van der Waals surface area contributed by atoms with E-state index in [1.54, 1.807) is 102 Å². The maximum atomic E-state index is 14.5. The van der Waals surface area contributed by atoms with Gasteiger partial charge in [0.15, 0.2) is 5.75 Å². The summed E-state index contributed by atoms with van der Waals surface area (Å²) in [5.74, 6) is -2.87. The molecule has 1 aliphatic rings. The van der Waals surface area contributed by atoms with Gasteiger partial charge in [-0.15, -0.1) is 0 Å². The van der Waals surface area contributed by atoms with E-state index in [2.05, 4.69) is 15.6 Å². The Morgan fingerprint density at radius 2 is 1.43 bits per heavy atom. The highest BCUT2D eigenvalue weighted by molar-refractivity contribution is 6.09. The van der Waals surface area contributed by atoms with Crippen LogP contribution in [0.4, 0.5) is 4.79 Å². The lowest BCUT2D eigenvalue weighted by molar-refractivity contribution is -0.160. The van der Waals surface area contributed by atoms with Crippen molar-refractivity contribution in [2.75, 3.05) is 20.2 Å². The number of benzene rings is 3. The minimum absolute atomic E-state index is 0.0507. The molecule has 3 unspecified atom stereocenters. The van der Waals surface area contributed by atoms with Crippen molar-refractivity contribution in [2.45, 2.75) is 136 Å². The Kier molecular flexibility index (Phi) is 17.9. The van der Waals surface area contributed by atoms with E-state index in [0.717, 1.165) is 11.1 Å². The summed E-state index contributed by atoms with van der Waals surface area (Å²) in [6, 6.07) is 21.7. The maximum Gasteiger partial charge on any atom is 0.410 e. The Labute approximate surface area is 394 Å². The molecule has 2 heterocycles. The summed E-state index contributed by atoms with van der Waals surface area (Å²) in [5, 5.41) is 6.29. The number of nitrogens with zero attached hydrogens (tertiary/aromatic N) is 3. The molecule has 15 heteroatoms. The van der Waals surface area contributed by atoms with Crippen LogP contribution in [0.3, 0.4) is 0 Å². The average Bonchev–Trinajstić information content (AvgIpc) is 3.27. The molecule has 4 amide bonds. The largest absolute Gasteiger partial charge is 0.489 e. The van der Waals surface area contributed by atoms with Crippen LogP contribution < -0.4 is 15.4 Å². The van der Waals surface area contributed by atoms with E-state index in [1.165, 1.54) is 11.1 Å². The van der Waals surface area contributed by atoms with E-state index in [1.807, 2.05) is 50.2 Å². The van der Waals surface area contributed by atoms with E-state index in [9.17, 15) is 28.8 Å². The molecule has 1 fully saturated rings. The van der Waals surface area contributed by atoms with E-state index in [4.69, 9.17) is 18.9 Å². The number of likely N-dealkylation sites (tertiary alicyclic amines) is 1. The smallest absolute Gasteiger partial charge is 0.410 e. The second kappa shape index (κ2) is 23.3. The zero-order valence-corrected chi connectivity index (χ0v) is 40.3. The van der Waals surface area contributed by atoms with Crippen molar-refractivity contribution in [1.82, 2.24) is 25.4 Å². The highest BCUT2D eigenvalue weighted by Gasteiger charge is 2.40. The highest BCUT2D eigenvalue weighted by Crippen LogP contribution is 2.28. The molecule has 0 saturated carbocycles. The van der Waals surface area contributed by atoms with E-state index in [-0.39, 0.29) is 42.3 Å². The highest BCUT2D eigenvalue weighted by atomic mass is 16.6. The van der Waals surface area contributed by atoms with Crippen LogP contribution in [0.25, 0.3) is 10.9 Å². The zero-order valence-electron chi connectivity index (χ0n) is 40.3. The molecule has 3 aromatic carbocycles. The maximum absolute atomic E-state index is 14.5. The Hall–Kier alpha value is -6.51. The molecule has 1 aliphatic heterocycles. The number of carbonyl (C=O) groups excluding carboxylic acids is 6. The summed E-state index contributed by atoms with van der Waals surface area (Å²) in [7, 11) is 1.56. The number of nitrogens with one attached hydrogen (secondary N) is 2. The Balaban J connectivity index is 1.42. The van der Waals surface area contributed by atoms with Crippen molar-refractivity contribution in [3.63, 3.8) is 0 Å². The van der Waals surface area contributed by atoms with Crippen LogP contribution in [0.2, 0.25) is 0 Å². The van der Waals surface area contributed by atoms with Crippen molar-refractivity contribution in [1.29, 1.82) is 0 Å². The van der Waals surface area contributed by atoms with Gasteiger partial charge in [-0.3, -0.25) is 29.1 Å². The first-order valence-corrected chi connectivity index (χ1v) is 23.0. The molecule has 15 nitrogen and oxygen atoms in total. The first-order chi connectivity index (χ1) is 31.7. The van der Waals surface area contributed by atoms with Gasteiger partial charge in [-0.1, -0.05) is 92.7 Å². The molecule has 2 N–H and O–H groups in total. The Morgan fingerprint density at radius 1 is 0.806 bits per heavy atom. The number of amides is 4. The molecule has 67 heavy (non-hydrogen) atoms. The third-order valence-electron chi connectivity index (χ3n) is 10.9. The van der Waals surface area contributed by atoms with Gasteiger partial charge in [0.1, 0.15) is 42.5 Å². The number of pyridine rings is 1. The molecule has 0 aliphatic carbocycles. The Morgan fingerprint density at radius 3 is 2.07 bits per heavy atom. The van der Waals surface area contributed by atoms with Gasteiger partial charge in [-0.25, -0.2) is 9.59 Å². The molecule has 1 saturated heterocycles. The SMILES string of the molecule is CC(C)CC(C(=O)N1CCCC[C@@H]1C(=O)NC(COc1cnc2ccccc2c1C(=O)NC(CC(=O)OC(C)(C)C)C(=O)OCc1ccccc1)Cc1ccccc1)N(C)C(=O)OC(C)(C)C. The minimum Gasteiger partial charge on any atom is -0.489 e. The molecule has 360 valence electrons. The lowest BCUT2D eigenvalue weighted by Crippen LogP contribution is -2.59. The van der Waals surface area contributed by atoms with E-state index < -0.39 is 65.7 Å². The van der Waals surface area contributed by atoms with Crippen LogP contribution in [-0.2, 0) is 46.4 Å². The molecular formula is C52H67N5O10. The number of ether oxygens (including phenoxy) is 4. The van der Waals surface area contributed by atoms with Gasteiger partial charge in [0, 0.05) is 19.0 Å². The summed E-state index contributed by atoms with van der Waals surface area (Å²) < 4.78 is 23.2. The van der Waals surface area contributed by atoms with Gasteiger partial charge in [0.2, 0.25) is 11.8 Å². The zero-order chi connectivity index (χ0) is 48.9. The van der Waals surface area contributed by atoms with Gasteiger partial charge in [-0.2, -0.15) is 0 Å². The summed E-state index contributed by atoms with van der Waals surface area (Å²) in [6.45, 7) is 14.5. The molecule has 4 aromatic rings. The van der Waals surface area contributed by atoms with Crippen LogP contribution in [0.1, 0.15) is 109 Å². The van der Waals surface area contributed by atoms with Gasteiger partial charge in [-0.05, 0) is 96.8 Å². The predicted octanol–water partition coefficient (Wildman–Crippen LogP) is 7.58. The van der Waals surface area contributed by atoms with Crippen molar-refractivity contribution in [2.24, 2.45) is 5.92 Å². The molecule has 0 radical (unpaired) electrons. The monoisotopic (exact) mass is 921 g/mol. The number of hydrogen-bond donors (Lipinski definition) is 2. The van der Waals surface area contributed by atoms with Crippen LogP contribution in [0.5, 0.6) is 5.75 Å². The van der Waals surface area contributed by atoms with Crippen LogP contribution in [-0.4, -0.2) is 106 Å². The number of likely N-dealkylation sites (N-methyl/N-ethyl adjacent to an activating group) is 1. The van der Waals surface area contributed by atoms with Gasteiger partial charge in [0.05, 0.1) is 29.7 Å². The standard InChI is InChI=1S/C52H67N5O10/c1-34(2)28-42(56(9)50(63)67-52(6,7)8)48(61)57-27-19-18-26-41(57)46(59)54-37(29-35-20-12-10-13-21-35)33-64-43-31-53-39-25-17-16-24-38(39)45(43)47(60)55-40(30-44(58)66-51(3,4)5)49(62)65-32-36-22-14-11-15-23-36/h10-17,20-25,31,34,37,40-42H,18-19,26-30,32-33H2,1-9H3,(H,54,59)(H,55,60)/t37?,40?,41-,42?/m1/s1. The fourth-order valence-electron chi connectivity index (χ4n) is 7.80. The predicted molar refractivity (Wildman–Crippen MR) is 254 cm³/mol. The van der Waals surface area contributed by atoms with Crippen molar-refractivity contribution in [3.05, 3.63) is 108 Å². The fourth-order valence-corrected chi connectivity index (χ4v) is 7.80. The average molecular weight is 922 g/mol. The third-order valence-corrected chi connectivity index (χ3v) is 10.9. The number of carbonyl (C=O) groups is 6. The molecule has 5 rings (SSSR count). The third kappa shape index (κ3) is 15.5. The summed E-state index contributed by atoms with van der Waals surface area (Å²) in [4.78, 5) is 91.0. The van der Waals surface area contributed by atoms with Crippen LogP contribution in [0, 0.1) is 5.92 Å². The van der Waals surface area contributed by atoms with Crippen LogP contribution in [0.15, 0.2) is 91.1 Å². The molecule has 1 aromatic heterocycles. The fraction of sp³-hybridized carbons (Fsp3) is 0.481. The number of para-hydroxylation sites is 1. The normalized spacial score (nSPS) is 15.4. The summed E-state index contributed by atoms with van der Waals surface area (Å²) >= 11 is 0. The van der Waals surface area contributed by atoms with Gasteiger partial charge in [0.25, 0.3) is 5.91 Å². The Bertz CT molecular complexity index is 2330. The second-order valence-electron chi connectivity index (χ2n) is 19.4. The number of esters is 2. The number of aromatic nitrogens is 1. The second-order valence-corrected chi connectivity index (χ2v) is 19.4. The molecule has 0 spiro atoms. The summed E-state index contributed by atoms with van der Waals surface area (Å²) in [5.41, 5.74) is 0.517. The first-order valence-electron chi connectivity index (χ1n) is 23.0. The number of piperidine rings is 1. The van der Waals surface area contributed by atoms with Gasteiger partial charge >= 0.3 is 18.0 Å². The number of fused-ring (bicyclic) bond motifs is 1. The molecular weight excluding hydrogens is 855 g/mol. The summed E-state index contributed by atoms with van der Waals surface area (Å²) in [6.07, 6.45) is 2.81. The van der Waals surface area contributed by atoms with Crippen molar-refractivity contribution < 1.29 is 47.7 Å². The van der Waals surface area contributed by atoms with Crippen molar-refractivity contribution >= 4 is 46.7 Å². The lowest BCUT2D eigenvalue weighted by atomic mass is 9.96. The first kappa shape index (κ1) is 51.5. The molecule has 4 atom stereocenters. The lowest BCUT2D eigenvalue weighted by Gasteiger charge is -2.40. The van der Waals surface area contributed by atoms with Crippen molar-refractivity contribution in [3.8, 4) is 5.75 Å². The molecule has 0 bridgehead atoms. The van der Waals surface area contributed by atoms with E-state index >= 15 is 0 Å². The minimum atomic E-state index is -1.43. The quantitative estimate of drug-likeness (QED) is 0.0742. The number of hydrogen-bond acceptors (Lipinski definition) is 11. The van der Waals surface area contributed by atoms with E-state index in [0.29, 0.717) is 49.6 Å².